The van der Waals surface area contributed by atoms with Gasteiger partial charge in [-0.25, -0.2) is 4.39 Å². The highest BCUT2D eigenvalue weighted by atomic mass is 19.1. The molecule has 3 aromatic carbocycles. The Hall–Kier alpha value is -4.44. The summed E-state index contributed by atoms with van der Waals surface area (Å²) in [5.41, 5.74) is 2.86. The first-order chi connectivity index (χ1) is 16.4. The molecule has 6 nitrogen and oxygen atoms in total. The van der Waals surface area contributed by atoms with Crippen molar-refractivity contribution >= 4 is 17.3 Å². The molecular weight excluding hydrogens is 435 g/mol. The number of nitrogens with zero attached hydrogens (tertiary/aromatic N) is 2. The maximum atomic E-state index is 13.7. The highest BCUT2D eigenvalue weighted by Gasteiger charge is 2.15. The fourth-order valence-corrected chi connectivity index (χ4v) is 3.42. The van der Waals surface area contributed by atoms with E-state index in [1.54, 1.807) is 42.5 Å². The zero-order chi connectivity index (χ0) is 24.5. The molecule has 0 atom stereocenters. The molecule has 0 aromatic heterocycles. The maximum absolute atomic E-state index is 13.7. The number of non-ortho nitro benzene ring substituents is 1. The van der Waals surface area contributed by atoms with Crippen LogP contribution in [-0.4, -0.2) is 11.5 Å². The highest BCUT2D eigenvalue weighted by Crippen LogP contribution is 2.36. The summed E-state index contributed by atoms with van der Waals surface area (Å²) in [6.07, 6.45) is 3.85. The van der Waals surface area contributed by atoms with E-state index in [9.17, 15) is 19.8 Å². The van der Waals surface area contributed by atoms with Gasteiger partial charge in [0.25, 0.3) is 5.69 Å². The maximum Gasteiger partial charge on any atom is 0.269 e. The third-order valence-electron chi connectivity index (χ3n) is 4.89. The Bertz CT molecular complexity index is 1280. The van der Waals surface area contributed by atoms with E-state index in [1.807, 2.05) is 13.0 Å². The minimum atomic E-state index is -0.454. The van der Waals surface area contributed by atoms with E-state index in [-0.39, 0.29) is 12.3 Å². The van der Waals surface area contributed by atoms with E-state index in [0.717, 1.165) is 5.56 Å². The largest absolute Gasteiger partial charge is 0.490 e. The normalized spacial score (nSPS) is 10.9. The number of nitriles is 1. The van der Waals surface area contributed by atoms with Gasteiger partial charge >= 0.3 is 0 Å². The van der Waals surface area contributed by atoms with Crippen molar-refractivity contribution in [2.45, 2.75) is 20.0 Å². The van der Waals surface area contributed by atoms with Crippen LogP contribution in [0.1, 0.15) is 29.2 Å². The van der Waals surface area contributed by atoms with Crippen LogP contribution in [0.3, 0.4) is 0 Å². The van der Waals surface area contributed by atoms with Crippen molar-refractivity contribution in [3.05, 3.63) is 112 Å². The fraction of sp³-hybridized carbons (Fsp3) is 0.148. The Labute approximate surface area is 197 Å². The second-order valence-electron chi connectivity index (χ2n) is 7.33. The number of hydrogen-bond acceptors (Lipinski definition) is 5. The summed E-state index contributed by atoms with van der Waals surface area (Å²) >= 11 is 0. The number of nitro benzene ring substituents is 1. The summed E-state index contributed by atoms with van der Waals surface area (Å²) in [6, 6.07) is 17.8. The van der Waals surface area contributed by atoms with Gasteiger partial charge in [-0.05, 0) is 60.4 Å². The van der Waals surface area contributed by atoms with Gasteiger partial charge in [0.2, 0.25) is 0 Å². The van der Waals surface area contributed by atoms with Crippen molar-refractivity contribution in [1.29, 1.82) is 5.26 Å². The third-order valence-corrected chi connectivity index (χ3v) is 4.89. The number of nitro groups is 1. The van der Waals surface area contributed by atoms with Crippen LogP contribution >= 0.6 is 0 Å². The Balaban J connectivity index is 2.00. The zero-order valence-corrected chi connectivity index (χ0v) is 18.7. The summed E-state index contributed by atoms with van der Waals surface area (Å²) in [5, 5.41) is 20.7. The molecule has 0 saturated carbocycles. The minimum Gasteiger partial charge on any atom is -0.490 e. The van der Waals surface area contributed by atoms with Crippen LogP contribution in [0.5, 0.6) is 11.5 Å². The molecule has 0 radical (unpaired) electrons. The third kappa shape index (κ3) is 6.08. The van der Waals surface area contributed by atoms with Crippen LogP contribution < -0.4 is 9.47 Å². The van der Waals surface area contributed by atoms with Crippen molar-refractivity contribution in [2.75, 3.05) is 6.61 Å². The molecule has 3 aromatic rings. The Morgan fingerprint density at radius 2 is 1.97 bits per heavy atom. The molecule has 3 rings (SSSR count). The van der Waals surface area contributed by atoms with Crippen molar-refractivity contribution in [2.24, 2.45) is 0 Å². The molecule has 0 N–H and O–H groups in total. The average Bonchev–Trinajstić information content (AvgIpc) is 2.82. The summed E-state index contributed by atoms with van der Waals surface area (Å²) < 4.78 is 25.5. The van der Waals surface area contributed by atoms with Crippen LogP contribution in [0, 0.1) is 27.3 Å². The summed E-state index contributed by atoms with van der Waals surface area (Å²) in [6.45, 7) is 6.13. The second-order valence-corrected chi connectivity index (χ2v) is 7.33. The van der Waals surface area contributed by atoms with E-state index in [0.29, 0.717) is 46.8 Å². The number of allylic oxidation sites excluding steroid dienone is 2. The van der Waals surface area contributed by atoms with Gasteiger partial charge in [0.15, 0.2) is 11.5 Å². The lowest BCUT2D eigenvalue weighted by Crippen LogP contribution is -2.04. The van der Waals surface area contributed by atoms with Crippen LogP contribution in [0.25, 0.3) is 11.6 Å². The smallest absolute Gasteiger partial charge is 0.269 e. The number of rotatable bonds is 10. The van der Waals surface area contributed by atoms with Gasteiger partial charge in [0.1, 0.15) is 12.4 Å². The lowest BCUT2D eigenvalue weighted by atomic mass is 10.0. The highest BCUT2D eigenvalue weighted by molar-refractivity contribution is 5.90. The van der Waals surface area contributed by atoms with E-state index in [4.69, 9.17) is 9.47 Å². The molecule has 0 bridgehead atoms. The molecule has 34 heavy (non-hydrogen) atoms. The standard InChI is InChI=1S/C27H23FN2O4/c1-3-7-22-12-20(13-23(17-29)21-9-6-10-24(28)16-21)15-26(33-4-2)27(22)34-18-19-8-5-11-25(14-19)30(31)32/h3,5-6,8-16H,1,4,7,18H2,2H3/b23-13-. The minimum absolute atomic E-state index is 0.0145. The number of hydrogen-bond donors (Lipinski definition) is 0. The molecule has 0 aliphatic rings. The average molecular weight is 458 g/mol. The van der Waals surface area contributed by atoms with Crippen LogP contribution in [0.15, 0.2) is 73.3 Å². The van der Waals surface area contributed by atoms with E-state index < -0.39 is 10.7 Å². The first-order valence-electron chi connectivity index (χ1n) is 10.6. The van der Waals surface area contributed by atoms with Gasteiger partial charge in [-0.15, -0.1) is 6.58 Å². The van der Waals surface area contributed by atoms with Gasteiger partial charge < -0.3 is 9.47 Å². The molecule has 172 valence electrons. The Morgan fingerprint density at radius 3 is 2.65 bits per heavy atom. The van der Waals surface area contributed by atoms with Gasteiger partial charge in [0, 0.05) is 17.7 Å². The second kappa shape index (κ2) is 11.4. The molecule has 0 fully saturated rings. The van der Waals surface area contributed by atoms with Gasteiger partial charge in [-0.3, -0.25) is 10.1 Å². The molecule has 0 saturated heterocycles. The lowest BCUT2D eigenvalue weighted by Gasteiger charge is -2.17. The van der Waals surface area contributed by atoms with Gasteiger partial charge in [-0.2, -0.15) is 5.26 Å². The predicted molar refractivity (Wildman–Crippen MR) is 129 cm³/mol. The van der Waals surface area contributed by atoms with Crippen molar-refractivity contribution < 1.29 is 18.8 Å². The Morgan fingerprint density at radius 1 is 1.18 bits per heavy atom. The number of halogens is 1. The number of ether oxygens (including phenoxy) is 2. The van der Waals surface area contributed by atoms with Crippen LogP contribution in [0.4, 0.5) is 10.1 Å². The molecule has 0 spiro atoms. The topological polar surface area (TPSA) is 85.4 Å². The monoisotopic (exact) mass is 458 g/mol. The van der Waals surface area contributed by atoms with Crippen molar-refractivity contribution in [1.82, 2.24) is 0 Å². The van der Waals surface area contributed by atoms with Crippen molar-refractivity contribution in [3.8, 4) is 17.6 Å². The van der Waals surface area contributed by atoms with Gasteiger partial charge in [-0.1, -0.05) is 30.3 Å². The molecular formula is C27H23FN2O4. The summed E-state index contributed by atoms with van der Waals surface area (Å²) in [5.74, 6) is 0.538. The lowest BCUT2D eigenvalue weighted by molar-refractivity contribution is -0.384. The zero-order valence-electron chi connectivity index (χ0n) is 18.7. The summed E-state index contributed by atoms with van der Waals surface area (Å²) in [7, 11) is 0. The molecule has 0 unspecified atom stereocenters. The fourth-order valence-electron chi connectivity index (χ4n) is 3.42. The van der Waals surface area contributed by atoms with Gasteiger partial charge in [0.05, 0.1) is 23.2 Å². The molecule has 7 heteroatoms. The molecule has 0 aliphatic carbocycles. The molecule has 0 heterocycles. The van der Waals surface area contributed by atoms with Crippen LogP contribution in [-0.2, 0) is 13.0 Å². The van der Waals surface area contributed by atoms with E-state index in [1.165, 1.54) is 24.3 Å². The van der Waals surface area contributed by atoms with Crippen LogP contribution in [0.2, 0.25) is 0 Å². The van der Waals surface area contributed by atoms with E-state index in [2.05, 4.69) is 12.6 Å². The predicted octanol–water partition coefficient (Wildman–Crippen LogP) is 6.50. The quantitative estimate of drug-likeness (QED) is 0.114. The molecule has 0 amide bonds. The first-order valence-corrected chi connectivity index (χ1v) is 10.6. The van der Waals surface area contributed by atoms with Crippen molar-refractivity contribution in [3.63, 3.8) is 0 Å². The molecule has 0 aliphatic heterocycles. The number of benzene rings is 3. The first kappa shape index (κ1) is 24.2. The Kier molecular flexibility index (Phi) is 8.14. The van der Waals surface area contributed by atoms with E-state index >= 15 is 0 Å². The SMILES string of the molecule is C=CCc1cc(/C=C(/C#N)c2cccc(F)c2)cc(OCC)c1OCc1cccc([N+](=O)[O-])c1. The summed E-state index contributed by atoms with van der Waals surface area (Å²) in [4.78, 5) is 10.6.